The molecule has 0 radical (unpaired) electrons. The van der Waals surface area contributed by atoms with Gasteiger partial charge in [-0.15, -0.1) is 0 Å². The van der Waals surface area contributed by atoms with E-state index in [0.29, 0.717) is 21.3 Å². The normalized spacial score (nSPS) is 20.3. The first-order valence-electron chi connectivity index (χ1n) is 4.52. The van der Waals surface area contributed by atoms with Crippen LogP contribution in [0, 0.1) is 0 Å². The molecule has 0 aliphatic rings. The molecule has 0 aliphatic carbocycles. The van der Waals surface area contributed by atoms with Gasteiger partial charge in [0.15, 0.2) is 10.4 Å². The summed E-state index contributed by atoms with van der Waals surface area (Å²) in [5.41, 5.74) is 0. The van der Waals surface area contributed by atoms with Gasteiger partial charge in [0.25, 0.3) is 0 Å². The van der Waals surface area contributed by atoms with Gasteiger partial charge in [-0.25, -0.2) is 4.79 Å². The van der Waals surface area contributed by atoms with Gasteiger partial charge in [-0.2, -0.15) is 0 Å². The quantitative estimate of drug-likeness (QED) is 0.374. The second kappa shape index (κ2) is 6.62. The molecule has 14 heteroatoms. The smallest absolute Gasteiger partial charge is 0.367 e. The van der Waals surface area contributed by atoms with E-state index < -0.39 is 39.1 Å². The van der Waals surface area contributed by atoms with Gasteiger partial charge in [-0.1, -0.05) is 0 Å². The summed E-state index contributed by atoms with van der Waals surface area (Å²) in [7, 11) is -13.7. The van der Waals surface area contributed by atoms with Gasteiger partial charge in [0.1, 0.15) is 0 Å². The summed E-state index contributed by atoms with van der Waals surface area (Å²) in [5.74, 6) is -2.22. The minimum Gasteiger partial charge on any atom is -0.477 e. The van der Waals surface area contributed by atoms with Crippen LogP contribution in [0.1, 0.15) is 0 Å². The molecular weight excluding hydrogens is 341 g/mol. The summed E-state index contributed by atoms with van der Waals surface area (Å²) in [6.45, 7) is 0. The van der Waals surface area contributed by atoms with Crippen LogP contribution in [0.5, 0.6) is 0 Å². The predicted molar refractivity (Wildman–Crippen MR) is 65.2 cm³/mol. The molecular formula is C6H13O11P3. The van der Waals surface area contributed by atoms with Gasteiger partial charge in [-0.05, 0) is 0 Å². The number of rotatable bonds is 7. The van der Waals surface area contributed by atoms with Crippen LogP contribution in [0.4, 0.5) is 0 Å². The van der Waals surface area contributed by atoms with E-state index in [1.54, 1.807) is 0 Å². The van der Waals surface area contributed by atoms with Gasteiger partial charge >= 0.3 is 28.8 Å². The second-order valence-corrected chi connectivity index (χ2v) is 9.00. The first-order chi connectivity index (χ1) is 8.87. The zero-order chi connectivity index (χ0) is 16.4. The standard InChI is InChI=1S/C6H13O11P3/c1-15-18(9,10)4(5(7)8)6(19(11,12)16-2)20(13,14)17-3/h1-3H3,(H,7,8)(H,9,10)(H,11,12)(H,13,14). The Bertz CT molecular complexity index is 537. The van der Waals surface area contributed by atoms with E-state index in [-0.39, 0.29) is 0 Å². The molecule has 0 aliphatic heterocycles. The average Bonchev–Trinajstić information content (AvgIpc) is 2.34. The van der Waals surface area contributed by atoms with Crippen LogP contribution in [-0.2, 0) is 32.1 Å². The Morgan fingerprint density at radius 1 is 0.800 bits per heavy atom. The summed E-state index contributed by atoms with van der Waals surface area (Å²) in [6, 6.07) is 0. The molecule has 0 aromatic rings. The van der Waals surface area contributed by atoms with Gasteiger partial charge in [0.05, 0.1) is 0 Å². The number of aliphatic carboxylic acids is 1. The van der Waals surface area contributed by atoms with Crippen LogP contribution in [0.3, 0.4) is 0 Å². The molecule has 3 unspecified atom stereocenters. The van der Waals surface area contributed by atoms with Crippen molar-refractivity contribution in [2.45, 2.75) is 0 Å². The third kappa shape index (κ3) is 4.08. The fraction of sp³-hybridized carbons (Fsp3) is 0.500. The van der Waals surface area contributed by atoms with Crippen molar-refractivity contribution >= 4 is 28.8 Å². The van der Waals surface area contributed by atoms with Crippen molar-refractivity contribution in [2.75, 3.05) is 21.3 Å². The first-order valence-corrected chi connectivity index (χ1v) is 9.25. The van der Waals surface area contributed by atoms with Crippen LogP contribution in [0.2, 0.25) is 0 Å². The molecule has 0 heterocycles. The Morgan fingerprint density at radius 2 is 1.10 bits per heavy atom. The highest BCUT2D eigenvalue weighted by Gasteiger charge is 2.50. The maximum atomic E-state index is 11.7. The Balaban J connectivity index is 6.84. The SMILES string of the molecule is COP(=O)(O)C(C(=O)O)=C(P(=O)(O)OC)P(=O)(O)OC. The van der Waals surface area contributed by atoms with E-state index in [1.807, 2.05) is 0 Å². The van der Waals surface area contributed by atoms with Crippen molar-refractivity contribution in [2.24, 2.45) is 0 Å². The zero-order valence-electron chi connectivity index (χ0n) is 10.5. The monoisotopic (exact) mass is 354 g/mol. The molecule has 0 fully saturated rings. The Hall–Kier alpha value is -0.340. The van der Waals surface area contributed by atoms with E-state index in [1.165, 1.54) is 0 Å². The number of hydrogen-bond acceptors (Lipinski definition) is 7. The van der Waals surface area contributed by atoms with Crippen LogP contribution >= 0.6 is 22.8 Å². The summed E-state index contributed by atoms with van der Waals surface area (Å²) in [5, 5.41) is 5.38. The van der Waals surface area contributed by atoms with E-state index in [9.17, 15) is 33.2 Å². The van der Waals surface area contributed by atoms with E-state index >= 15 is 0 Å². The summed E-state index contributed by atoms with van der Waals surface area (Å²) < 4.78 is 47.1. The van der Waals surface area contributed by atoms with E-state index in [2.05, 4.69) is 13.6 Å². The zero-order valence-corrected chi connectivity index (χ0v) is 13.2. The number of hydrogen-bond donors (Lipinski definition) is 4. The first kappa shape index (κ1) is 19.7. The van der Waals surface area contributed by atoms with Crippen molar-refractivity contribution < 1.29 is 51.8 Å². The predicted octanol–water partition coefficient (Wildman–Crippen LogP) is 0.735. The molecule has 4 N–H and O–H groups in total. The summed E-state index contributed by atoms with van der Waals surface area (Å²) >= 11 is 0. The van der Waals surface area contributed by atoms with Gasteiger partial charge < -0.3 is 33.4 Å². The van der Waals surface area contributed by atoms with Gasteiger partial charge in [0, 0.05) is 21.3 Å². The maximum Gasteiger partial charge on any atom is 0.367 e. The van der Waals surface area contributed by atoms with Crippen LogP contribution in [0.25, 0.3) is 0 Å². The largest absolute Gasteiger partial charge is 0.477 e. The molecule has 118 valence electrons. The van der Waals surface area contributed by atoms with Crippen molar-refractivity contribution in [1.82, 2.24) is 0 Å². The molecule has 3 atom stereocenters. The minimum atomic E-state index is -5.19. The average molecular weight is 354 g/mol. The van der Waals surface area contributed by atoms with Crippen molar-refractivity contribution in [3.05, 3.63) is 10.4 Å². The Morgan fingerprint density at radius 3 is 1.30 bits per heavy atom. The molecule has 0 rings (SSSR count). The summed E-state index contributed by atoms with van der Waals surface area (Å²) in [4.78, 5) is 39.3. The number of carboxylic acids is 1. The fourth-order valence-corrected chi connectivity index (χ4v) is 6.07. The molecule has 0 aromatic carbocycles. The molecule has 0 spiro atoms. The van der Waals surface area contributed by atoms with Crippen molar-refractivity contribution in [3.63, 3.8) is 0 Å². The second-order valence-electron chi connectivity index (χ2n) is 3.09. The molecule has 0 bridgehead atoms. The Labute approximate surface area is 113 Å². The van der Waals surface area contributed by atoms with Crippen LogP contribution < -0.4 is 0 Å². The molecule has 0 aromatic heterocycles. The lowest BCUT2D eigenvalue weighted by Crippen LogP contribution is -2.09. The molecule has 20 heavy (non-hydrogen) atoms. The number of carbonyl (C=O) groups is 1. The third-order valence-corrected chi connectivity index (χ3v) is 7.83. The maximum absolute atomic E-state index is 11.7. The lowest BCUT2D eigenvalue weighted by atomic mass is 10.6. The molecule has 0 saturated carbocycles. The lowest BCUT2D eigenvalue weighted by Gasteiger charge is -2.21. The highest BCUT2D eigenvalue weighted by atomic mass is 31.2. The van der Waals surface area contributed by atoms with Gasteiger partial charge in [-0.3, -0.25) is 13.7 Å². The highest BCUT2D eigenvalue weighted by Crippen LogP contribution is 2.73. The lowest BCUT2D eigenvalue weighted by molar-refractivity contribution is -0.132. The van der Waals surface area contributed by atoms with Crippen molar-refractivity contribution in [1.29, 1.82) is 0 Å². The molecule has 0 saturated heterocycles. The molecule has 0 amide bonds. The minimum absolute atomic E-state index is 0.630. The Kier molecular flexibility index (Phi) is 6.50. The third-order valence-electron chi connectivity index (χ3n) is 1.97. The van der Waals surface area contributed by atoms with E-state index in [0.717, 1.165) is 0 Å². The van der Waals surface area contributed by atoms with Crippen LogP contribution in [0.15, 0.2) is 10.4 Å². The molecule has 11 nitrogen and oxygen atoms in total. The van der Waals surface area contributed by atoms with Crippen molar-refractivity contribution in [3.8, 4) is 0 Å². The topological polar surface area (TPSA) is 177 Å². The van der Waals surface area contributed by atoms with Crippen LogP contribution in [-0.4, -0.2) is 47.1 Å². The highest BCUT2D eigenvalue weighted by molar-refractivity contribution is 7.79. The summed E-state index contributed by atoms with van der Waals surface area (Å²) in [6.07, 6.45) is 0. The van der Waals surface area contributed by atoms with E-state index in [4.69, 9.17) is 5.11 Å². The fourth-order valence-electron chi connectivity index (χ4n) is 1.03. The van der Waals surface area contributed by atoms with Gasteiger partial charge in [0.2, 0.25) is 0 Å². The number of carboxylic acid groups (broad SMARTS) is 1.